The predicted molar refractivity (Wildman–Crippen MR) is 86.7 cm³/mol. The lowest BCUT2D eigenvalue weighted by atomic mass is 10.1. The summed E-state index contributed by atoms with van der Waals surface area (Å²) in [6.07, 6.45) is 0.176. The maximum Gasteiger partial charge on any atom is 0.229 e. The number of nitrogens with zero attached hydrogens (tertiary/aromatic N) is 2. The Bertz CT molecular complexity index is 780. The molecule has 2 amide bonds. The van der Waals surface area contributed by atoms with E-state index in [-0.39, 0.29) is 18.2 Å². The van der Waals surface area contributed by atoms with Gasteiger partial charge < -0.3 is 10.2 Å². The Labute approximate surface area is 134 Å². The van der Waals surface area contributed by atoms with Crippen LogP contribution in [0.1, 0.15) is 12.0 Å². The van der Waals surface area contributed by atoms with Gasteiger partial charge in [0, 0.05) is 18.7 Å². The van der Waals surface area contributed by atoms with Crippen molar-refractivity contribution in [3.63, 3.8) is 0 Å². The molecule has 1 atom stereocenters. The van der Waals surface area contributed by atoms with Crippen molar-refractivity contribution in [2.45, 2.75) is 6.42 Å². The Balaban J connectivity index is 1.72. The number of anilines is 2. The number of carbonyl (C=O) groups excluding carboxylic acids is 2. The molecular formula is C18H15N3O2. The van der Waals surface area contributed by atoms with E-state index in [0.717, 1.165) is 5.69 Å². The van der Waals surface area contributed by atoms with Crippen LogP contribution in [-0.2, 0) is 9.59 Å². The number of amides is 2. The van der Waals surface area contributed by atoms with Crippen LogP contribution in [0.5, 0.6) is 0 Å². The van der Waals surface area contributed by atoms with Crippen LogP contribution >= 0.6 is 0 Å². The highest BCUT2D eigenvalue weighted by Gasteiger charge is 2.35. The third kappa shape index (κ3) is 3.06. The number of benzene rings is 2. The van der Waals surface area contributed by atoms with Crippen molar-refractivity contribution in [2.75, 3.05) is 16.8 Å². The van der Waals surface area contributed by atoms with Gasteiger partial charge in [0.25, 0.3) is 0 Å². The van der Waals surface area contributed by atoms with Gasteiger partial charge in [0.2, 0.25) is 11.8 Å². The van der Waals surface area contributed by atoms with Gasteiger partial charge in [0.1, 0.15) is 6.07 Å². The van der Waals surface area contributed by atoms with Gasteiger partial charge in [-0.1, -0.05) is 30.3 Å². The SMILES string of the molecule is N#Cc1ccccc1NC(=O)[C@@H]1CC(=O)N(c2ccccc2)C1. The Morgan fingerprint density at radius 2 is 1.83 bits per heavy atom. The maximum absolute atomic E-state index is 12.4. The van der Waals surface area contributed by atoms with E-state index in [1.54, 1.807) is 29.2 Å². The second-order valence-corrected chi connectivity index (χ2v) is 5.39. The van der Waals surface area contributed by atoms with Crippen molar-refractivity contribution >= 4 is 23.2 Å². The molecular weight excluding hydrogens is 290 g/mol. The standard InChI is InChI=1S/C18H15N3O2/c19-11-13-6-4-5-9-16(13)20-18(23)14-10-17(22)21(12-14)15-7-2-1-3-8-15/h1-9,14H,10,12H2,(H,20,23)/t14-/m1/s1. The number of nitriles is 1. The zero-order valence-electron chi connectivity index (χ0n) is 12.4. The number of carbonyl (C=O) groups is 2. The lowest BCUT2D eigenvalue weighted by Crippen LogP contribution is -2.28. The quantitative estimate of drug-likeness (QED) is 0.947. The lowest BCUT2D eigenvalue weighted by molar-refractivity contribution is -0.122. The molecule has 0 aromatic heterocycles. The first-order chi connectivity index (χ1) is 11.2. The van der Waals surface area contributed by atoms with Gasteiger partial charge in [-0.25, -0.2) is 0 Å². The van der Waals surface area contributed by atoms with E-state index in [2.05, 4.69) is 5.32 Å². The normalized spacial score (nSPS) is 16.9. The number of nitrogens with one attached hydrogen (secondary N) is 1. The summed E-state index contributed by atoms with van der Waals surface area (Å²) in [7, 11) is 0. The number of hydrogen-bond acceptors (Lipinski definition) is 3. The van der Waals surface area contributed by atoms with Crippen molar-refractivity contribution in [2.24, 2.45) is 5.92 Å². The van der Waals surface area contributed by atoms with E-state index in [1.807, 2.05) is 36.4 Å². The molecule has 0 bridgehead atoms. The average Bonchev–Trinajstić information content (AvgIpc) is 2.98. The second kappa shape index (κ2) is 6.32. The zero-order valence-corrected chi connectivity index (χ0v) is 12.4. The number of para-hydroxylation sites is 2. The summed E-state index contributed by atoms with van der Waals surface area (Å²) < 4.78 is 0. The van der Waals surface area contributed by atoms with Gasteiger partial charge in [-0.2, -0.15) is 5.26 Å². The molecule has 23 heavy (non-hydrogen) atoms. The first-order valence-corrected chi connectivity index (χ1v) is 7.34. The molecule has 2 aromatic rings. The Morgan fingerprint density at radius 3 is 2.57 bits per heavy atom. The number of hydrogen-bond donors (Lipinski definition) is 1. The van der Waals surface area contributed by atoms with Crippen LogP contribution in [0.2, 0.25) is 0 Å². The molecule has 1 aliphatic heterocycles. The van der Waals surface area contributed by atoms with Crippen LogP contribution in [0.4, 0.5) is 11.4 Å². The Kier molecular flexibility index (Phi) is 4.07. The van der Waals surface area contributed by atoms with E-state index in [4.69, 9.17) is 5.26 Å². The highest BCUT2D eigenvalue weighted by atomic mass is 16.2. The third-order valence-electron chi connectivity index (χ3n) is 3.87. The van der Waals surface area contributed by atoms with Gasteiger partial charge in [-0.05, 0) is 24.3 Å². The van der Waals surface area contributed by atoms with Crippen LogP contribution in [0, 0.1) is 17.2 Å². The van der Waals surface area contributed by atoms with Gasteiger partial charge in [-0.3, -0.25) is 9.59 Å². The summed E-state index contributed by atoms with van der Waals surface area (Å²) in [5, 5.41) is 11.8. The van der Waals surface area contributed by atoms with E-state index in [1.165, 1.54) is 0 Å². The van der Waals surface area contributed by atoms with E-state index < -0.39 is 5.92 Å². The highest BCUT2D eigenvalue weighted by Crippen LogP contribution is 2.26. The van der Waals surface area contributed by atoms with Gasteiger partial charge in [0.15, 0.2) is 0 Å². The topological polar surface area (TPSA) is 73.2 Å². The van der Waals surface area contributed by atoms with Crippen LogP contribution in [0.15, 0.2) is 54.6 Å². The molecule has 0 unspecified atom stereocenters. The Hall–Kier alpha value is -3.13. The zero-order chi connectivity index (χ0) is 16.2. The summed E-state index contributed by atoms with van der Waals surface area (Å²) in [5.41, 5.74) is 1.68. The van der Waals surface area contributed by atoms with E-state index >= 15 is 0 Å². The fourth-order valence-electron chi connectivity index (χ4n) is 2.67. The molecule has 0 saturated carbocycles. The molecule has 1 heterocycles. The van der Waals surface area contributed by atoms with Gasteiger partial charge in [0.05, 0.1) is 17.2 Å². The largest absolute Gasteiger partial charge is 0.325 e. The van der Waals surface area contributed by atoms with Crippen LogP contribution < -0.4 is 10.2 Å². The summed E-state index contributed by atoms with van der Waals surface area (Å²) >= 11 is 0. The Morgan fingerprint density at radius 1 is 1.13 bits per heavy atom. The molecule has 0 radical (unpaired) electrons. The summed E-state index contributed by atoms with van der Waals surface area (Å²) in [6.45, 7) is 0.351. The van der Waals surface area contributed by atoms with Crippen molar-refractivity contribution in [3.05, 3.63) is 60.2 Å². The molecule has 5 heteroatoms. The minimum Gasteiger partial charge on any atom is -0.325 e. The van der Waals surface area contributed by atoms with Crippen molar-refractivity contribution in [1.82, 2.24) is 0 Å². The molecule has 1 aliphatic rings. The monoisotopic (exact) mass is 305 g/mol. The third-order valence-corrected chi connectivity index (χ3v) is 3.87. The molecule has 2 aromatic carbocycles. The summed E-state index contributed by atoms with van der Waals surface area (Å²) in [6, 6.07) is 18.2. The smallest absolute Gasteiger partial charge is 0.229 e. The lowest BCUT2D eigenvalue weighted by Gasteiger charge is -2.16. The van der Waals surface area contributed by atoms with E-state index in [9.17, 15) is 9.59 Å². The van der Waals surface area contributed by atoms with E-state index in [0.29, 0.717) is 17.8 Å². The minimum absolute atomic E-state index is 0.0649. The fourth-order valence-corrected chi connectivity index (χ4v) is 2.67. The molecule has 0 spiro atoms. The van der Waals surface area contributed by atoms with Crippen molar-refractivity contribution < 1.29 is 9.59 Å². The fraction of sp³-hybridized carbons (Fsp3) is 0.167. The highest BCUT2D eigenvalue weighted by molar-refractivity contribution is 6.03. The van der Waals surface area contributed by atoms with Crippen molar-refractivity contribution in [3.8, 4) is 6.07 Å². The van der Waals surface area contributed by atoms with Crippen LogP contribution in [-0.4, -0.2) is 18.4 Å². The molecule has 5 nitrogen and oxygen atoms in total. The van der Waals surface area contributed by atoms with Crippen molar-refractivity contribution in [1.29, 1.82) is 5.26 Å². The second-order valence-electron chi connectivity index (χ2n) is 5.39. The molecule has 114 valence electrons. The van der Waals surface area contributed by atoms with Gasteiger partial charge >= 0.3 is 0 Å². The van der Waals surface area contributed by atoms with Crippen LogP contribution in [0.3, 0.4) is 0 Å². The first kappa shape index (κ1) is 14.8. The molecule has 0 aliphatic carbocycles. The minimum atomic E-state index is -0.422. The molecule has 1 N–H and O–H groups in total. The number of rotatable bonds is 3. The summed E-state index contributed by atoms with van der Waals surface area (Å²) in [4.78, 5) is 26.2. The molecule has 1 saturated heterocycles. The van der Waals surface area contributed by atoms with Crippen LogP contribution in [0.25, 0.3) is 0 Å². The maximum atomic E-state index is 12.4. The average molecular weight is 305 g/mol. The van der Waals surface area contributed by atoms with Gasteiger partial charge in [-0.15, -0.1) is 0 Å². The molecule has 3 rings (SSSR count). The molecule has 1 fully saturated rings. The summed E-state index contributed by atoms with van der Waals surface area (Å²) in [5.74, 6) is -0.723. The predicted octanol–water partition coefficient (Wildman–Crippen LogP) is 2.55. The first-order valence-electron chi connectivity index (χ1n) is 7.34.